The van der Waals surface area contributed by atoms with E-state index in [1.807, 2.05) is 25.1 Å². The van der Waals surface area contributed by atoms with E-state index in [1.165, 1.54) is 6.21 Å². The number of ether oxygens (including phenoxy) is 1. The molecule has 0 radical (unpaired) electrons. The molecule has 0 unspecified atom stereocenters. The van der Waals surface area contributed by atoms with Gasteiger partial charge < -0.3 is 10.1 Å². The first-order chi connectivity index (χ1) is 9.69. The Bertz CT molecular complexity index is 524. The molecule has 2 rings (SSSR count). The van der Waals surface area contributed by atoms with Gasteiger partial charge >= 0.3 is 11.8 Å². The molecule has 1 aromatic rings. The van der Waals surface area contributed by atoms with Crippen molar-refractivity contribution in [2.45, 2.75) is 25.8 Å². The van der Waals surface area contributed by atoms with Crippen LogP contribution < -0.4 is 15.5 Å². The number of nitrogens with zero attached hydrogens (tertiary/aromatic N) is 1. The molecule has 0 saturated heterocycles. The van der Waals surface area contributed by atoms with Crippen LogP contribution in [0.3, 0.4) is 0 Å². The third kappa shape index (κ3) is 4.38. The zero-order chi connectivity index (χ0) is 14.4. The van der Waals surface area contributed by atoms with Crippen LogP contribution in [-0.2, 0) is 9.59 Å². The van der Waals surface area contributed by atoms with Gasteiger partial charge in [0.25, 0.3) is 0 Å². The fraction of sp³-hybridized carbons (Fsp3) is 0.357. The summed E-state index contributed by atoms with van der Waals surface area (Å²) < 4.78 is 5.35. The molecule has 106 valence electrons. The largest absolute Gasteiger partial charge is 0.494 e. The Hall–Kier alpha value is -2.37. The van der Waals surface area contributed by atoms with E-state index in [0.717, 1.165) is 24.2 Å². The Morgan fingerprint density at radius 1 is 1.40 bits per heavy atom. The number of rotatable bonds is 5. The van der Waals surface area contributed by atoms with Crippen LogP contribution in [0.2, 0.25) is 0 Å². The summed E-state index contributed by atoms with van der Waals surface area (Å²) in [7, 11) is 0. The monoisotopic (exact) mass is 275 g/mol. The van der Waals surface area contributed by atoms with Crippen LogP contribution in [0.5, 0.6) is 5.75 Å². The minimum atomic E-state index is -0.755. The second kappa shape index (κ2) is 6.70. The van der Waals surface area contributed by atoms with Gasteiger partial charge in [-0.1, -0.05) is 12.1 Å². The van der Waals surface area contributed by atoms with Crippen molar-refractivity contribution < 1.29 is 14.3 Å². The highest BCUT2D eigenvalue weighted by Gasteiger charge is 2.26. The maximum atomic E-state index is 11.4. The van der Waals surface area contributed by atoms with Crippen LogP contribution in [0.25, 0.3) is 0 Å². The first-order valence-electron chi connectivity index (χ1n) is 6.56. The van der Waals surface area contributed by atoms with Crippen molar-refractivity contribution in [2.24, 2.45) is 5.10 Å². The lowest BCUT2D eigenvalue weighted by Crippen LogP contribution is -2.38. The van der Waals surface area contributed by atoms with Crippen molar-refractivity contribution in [1.29, 1.82) is 0 Å². The summed E-state index contributed by atoms with van der Waals surface area (Å²) in [5, 5.41) is 6.33. The van der Waals surface area contributed by atoms with Gasteiger partial charge in [0.1, 0.15) is 5.75 Å². The average molecular weight is 275 g/mol. The molecule has 0 bridgehead atoms. The molecule has 0 spiro atoms. The number of hydrazone groups is 1. The third-order valence-electron chi connectivity index (χ3n) is 2.67. The molecule has 20 heavy (non-hydrogen) atoms. The third-order valence-corrected chi connectivity index (χ3v) is 2.67. The molecule has 0 atom stereocenters. The standard InChI is InChI=1S/C14H17N3O3/c1-2-20-12-5-3-4-10(8-12)9-15-17-14(19)13(18)16-11-6-7-11/h3-5,8-9,11H,2,6-7H2,1H3,(H,16,18)(H,17,19)/b15-9-. The molecule has 2 amide bonds. The van der Waals surface area contributed by atoms with Gasteiger partial charge in [0.2, 0.25) is 0 Å². The van der Waals surface area contributed by atoms with Crippen LogP contribution in [0.15, 0.2) is 29.4 Å². The average Bonchev–Trinajstić information content (AvgIpc) is 3.23. The van der Waals surface area contributed by atoms with Crippen molar-refractivity contribution in [3.63, 3.8) is 0 Å². The second-order valence-electron chi connectivity index (χ2n) is 4.45. The highest BCUT2D eigenvalue weighted by molar-refractivity contribution is 6.35. The van der Waals surface area contributed by atoms with Crippen LogP contribution in [0.1, 0.15) is 25.3 Å². The number of nitrogens with one attached hydrogen (secondary N) is 2. The van der Waals surface area contributed by atoms with Gasteiger partial charge in [-0.3, -0.25) is 9.59 Å². The normalized spacial score (nSPS) is 14.1. The number of amides is 2. The summed E-state index contributed by atoms with van der Waals surface area (Å²) in [5.41, 5.74) is 2.97. The van der Waals surface area contributed by atoms with E-state index in [2.05, 4.69) is 15.8 Å². The Labute approximate surface area is 117 Å². The number of benzene rings is 1. The van der Waals surface area contributed by atoms with Crippen molar-refractivity contribution in [3.8, 4) is 5.75 Å². The topological polar surface area (TPSA) is 79.8 Å². The van der Waals surface area contributed by atoms with E-state index in [1.54, 1.807) is 6.07 Å². The van der Waals surface area contributed by atoms with Gasteiger partial charge in [0, 0.05) is 6.04 Å². The predicted octanol–water partition coefficient (Wildman–Crippen LogP) is 0.814. The maximum Gasteiger partial charge on any atom is 0.329 e. The van der Waals surface area contributed by atoms with Gasteiger partial charge in [-0.2, -0.15) is 5.10 Å². The maximum absolute atomic E-state index is 11.4. The van der Waals surface area contributed by atoms with Gasteiger partial charge in [0.05, 0.1) is 12.8 Å². The SMILES string of the molecule is CCOc1cccc(/C=N\NC(=O)C(=O)NC2CC2)c1. The highest BCUT2D eigenvalue weighted by Crippen LogP contribution is 2.18. The number of carbonyl (C=O) groups is 2. The van der Waals surface area contributed by atoms with Crippen molar-refractivity contribution in [2.75, 3.05) is 6.61 Å². The zero-order valence-electron chi connectivity index (χ0n) is 11.3. The molecule has 1 aromatic carbocycles. The molecule has 0 aliphatic heterocycles. The minimum absolute atomic E-state index is 0.153. The fourth-order valence-electron chi connectivity index (χ4n) is 1.55. The molecule has 0 heterocycles. The summed E-state index contributed by atoms with van der Waals surface area (Å²) in [5.74, 6) is -0.670. The highest BCUT2D eigenvalue weighted by atomic mass is 16.5. The van der Waals surface area contributed by atoms with Crippen LogP contribution in [0.4, 0.5) is 0 Å². The quantitative estimate of drug-likeness (QED) is 0.474. The molecule has 0 aromatic heterocycles. The predicted molar refractivity (Wildman–Crippen MR) is 74.5 cm³/mol. The molecule has 1 aliphatic carbocycles. The van der Waals surface area contributed by atoms with E-state index >= 15 is 0 Å². The molecular weight excluding hydrogens is 258 g/mol. The first-order valence-corrected chi connectivity index (χ1v) is 6.56. The fourth-order valence-corrected chi connectivity index (χ4v) is 1.55. The smallest absolute Gasteiger partial charge is 0.329 e. The lowest BCUT2D eigenvalue weighted by molar-refractivity contribution is -0.139. The molecular formula is C14H17N3O3. The summed E-state index contributed by atoms with van der Waals surface area (Å²) in [4.78, 5) is 22.8. The number of hydrogen-bond donors (Lipinski definition) is 2. The summed E-state index contributed by atoms with van der Waals surface area (Å²) >= 11 is 0. The van der Waals surface area contributed by atoms with Crippen LogP contribution in [0, 0.1) is 0 Å². The molecule has 1 fully saturated rings. The molecule has 1 aliphatic rings. The van der Waals surface area contributed by atoms with E-state index in [0.29, 0.717) is 6.61 Å². The lowest BCUT2D eigenvalue weighted by atomic mass is 10.2. The van der Waals surface area contributed by atoms with Crippen molar-refractivity contribution >= 4 is 18.0 Å². The molecule has 6 nitrogen and oxygen atoms in total. The van der Waals surface area contributed by atoms with Crippen molar-refractivity contribution in [3.05, 3.63) is 29.8 Å². The van der Waals surface area contributed by atoms with Gasteiger partial charge in [-0.05, 0) is 37.5 Å². The van der Waals surface area contributed by atoms with Gasteiger partial charge in [0.15, 0.2) is 0 Å². The Morgan fingerprint density at radius 2 is 2.20 bits per heavy atom. The Kier molecular flexibility index (Phi) is 4.70. The Morgan fingerprint density at radius 3 is 2.90 bits per heavy atom. The van der Waals surface area contributed by atoms with Crippen molar-refractivity contribution in [1.82, 2.24) is 10.7 Å². The van der Waals surface area contributed by atoms with E-state index in [-0.39, 0.29) is 6.04 Å². The summed E-state index contributed by atoms with van der Waals surface area (Å²) in [6, 6.07) is 7.43. The minimum Gasteiger partial charge on any atom is -0.494 e. The number of hydrogen-bond acceptors (Lipinski definition) is 4. The van der Waals surface area contributed by atoms with Crippen LogP contribution >= 0.6 is 0 Å². The second-order valence-corrected chi connectivity index (χ2v) is 4.45. The number of carbonyl (C=O) groups excluding carboxylic acids is 2. The Balaban J connectivity index is 1.84. The van der Waals surface area contributed by atoms with E-state index in [4.69, 9.17) is 4.74 Å². The molecule has 1 saturated carbocycles. The summed E-state index contributed by atoms with van der Waals surface area (Å²) in [6.45, 7) is 2.48. The van der Waals surface area contributed by atoms with E-state index < -0.39 is 11.8 Å². The molecule has 2 N–H and O–H groups in total. The first kappa shape index (κ1) is 14.0. The summed E-state index contributed by atoms with van der Waals surface area (Å²) in [6.07, 6.45) is 3.34. The zero-order valence-corrected chi connectivity index (χ0v) is 11.3. The van der Waals surface area contributed by atoms with Gasteiger partial charge in [-0.25, -0.2) is 5.43 Å². The van der Waals surface area contributed by atoms with Gasteiger partial charge in [-0.15, -0.1) is 0 Å². The van der Waals surface area contributed by atoms with E-state index in [9.17, 15) is 9.59 Å². The lowest BCUT2D eigenvalue weighted by Gasteiger charge is -2.03. The van der Waals surface area contributed by atoms with Crippen LogP contribution in [-0.4, -0.2) is 30.7 Å². The molecule has 6 heteroatoms.